The van der Waals surface area contributed by atoms with Crippen molar-refractivity contribution in [3.8, 4) is 6.07 Å². The second kappa shape index (κ2) is 4.70. The second-order valence-electron chi connectivity index (χ2n) is 2.75. The molecule has 0 saturated heterocycles. The number of carbonyl (C=O) groups is 1. The van der Waals surface area contributed by atoms with E-state index in [-0.39, 0.29) is 23.7 Å². The third kappa shape index (κ3) is 2.65. The van der Waals surface area contributed by atoms with Crippen LogP contribution < -0.4 is 11.1 Å². The van der Waals surface area contributed by atoms with Crippen molar-refractivity contribution in [2.24, 2.45) is 5.73 Å². The number of nitrogens with zero attached hydrogens (tertiary/aromatic N) is 3. The molecule has 0 fully saturated rings. The topological polar surface area (TPSA) is 135 Å². The summed E-state index contributed by atoms with van der Waals surface area (Å²) in [6, 6.07) is 4.02. The molecule has 8 heteroatoms. The highest BCUT2D eigenvalue weighted by molar-refractivity contribution is 5.78. The molecule has 0 bridgehead atoms. The smallest absolute Gasteiger partial charge is 0.305 e. The van der Waals surface area contributed by atoms with Crippen LogP contribution in [0.25, 0.3) is 0 Å². The maximum absolute atomic E-state index is 10.5. The summed E-state index contributed by atoms with van der Waals surface area (Å²) in [6.45, 7) is -0.157. The minimum atomic E-state index is -0.705. The standard InChI is InChI=1S/C8H7N5O3/c9-3-5-6(13(15)16)1-2-8(12-5)11-4-7(10)14/h1-2H,4H2,(H2,10,14)(H,11,12). The van der Waals surface area contributed by atoms with Crippen molar-refractivity contribution < 1.29 is 9.72 Å². The number of nitriles is 1. The van der Waals surface area contributed by atoms with Gasteiger partial charge in [0.05, 0.1) is 11.5 Å². The first-order valence-corrected chi connectivity index (χ1v) is 4.12. The third-order valence-corrected chi connectivity index (χ3v) is 1.62. The number of hydrogen-bond acceptors (Lipinski definition) is 6. The minimum absolute atomic E-state index is 0.157. The quantitative estimate of drug-likeness (QED) is 0.532. The van der Waals surface area contributed by atoms with E-state index < -0.39 is 10.8 Å². The Morgan fingerprint density at radius 2 is 2.38 bits per heavy atom. The van der Waals surface area contributed by atoms with Crippen LogP contribution in [-0.2, 0) is 4.79 Å². The van der Waals surface area contributed by atoms with Gasteiger partial charge in [0.1, 0.15) is 11.9 Å². The van der Waals surface area contributed by atoms with Gasteiger partial charge >= 0.3 is 5.69 Å². The SMILES string of the molecule is N#Cc1nc(NCC(N)=O)ccc1[N+](=O)[O-]. The number of amides is 1. The van der Waals surface area contributed by atoms with Crippen LogP contribution in [0.15, 0.2) is 12.1 Å². The molecule has 0 saturated carbocycles. The lowest BCUT2D eigenvalue weighted by Gasteiger charge is -2.02. The summed E-state index contributed by atoms with van der Waals surface area (Å²) in [5.74, 6) is -0.417. The van der Waals surface area contributed by atoms with E-state index in [0.717, 1.165) is 6.07 Å². The van der Waals surface area contributed by atoms with E-state index in [0.29, 0.717) is 0 Å². The Bertz CT molecular complexity index is 479. The number of anilines is 1. The minimum Gasteiger partial charge on any atom is -0.368 e. The van der Waals surface area contributed by atoms with Crippen LogP contribution in [0.3, 0.4) is 0 Å². The van der Waals surface area contributed by atoms with Gasteiger partial charge in [-0.25, -0.2) is 4.98 Å². The molecule has 0 aliphatic heterocycles. The van der Waals surface area contributed by atoms with Gasteiger partial charge in [0.15, 0.2) is 0 Å². The van der Waals surface area contributed by atoms with Crippen molar-refractivity contribution in [1.29, 1.82) is 5.26 Å². The van der Waals surface area contributed by atoms with Gasteiger partial charge in [-0.05, 0) is 6.07 Å². The number of primary amides is 1. The van der Waals surface area contributed by atoms with E-state index in [9.17, 15) is 14.9 Å². The van der Waals surface area contributed by atoms with E-state index in [2.05, 4.69) is 10.3 Å². The fourth-order valence-electron chi connectivity index (χ4n) is 0.958. The molecule has 0 aliphatic rings. The van der Waals surface area contributed by atoms with Crippen LogP contribution in [0.1, 0.15) is 5.69 Å². The van der Waals surface area contributed by atoms with Crippen molar-refractivity contribution in [3.05, 3.63) is 27.9 Å². The number of carbonyl (C=O) groups excluding carboxylic acids is 1. The van der Waals surface area contributed by atoms with Crippen molar-refractivity contribution in [3.63, 3.8) is 0 Å². The number of rotatable bonds is 4. The molecule has 16 heavy (non-hydrogen) atoms. The molecule has 8 nitrogen and oxygen atoms in total. The molecule has 1 heterocycles. The lowest BCUT2D eigenvalue weighted by molar-refractivity contribution is -0.385. The van der Waals surface area contributed by atoms with Crippen LogP contribution in [-0.4, -0.2) is 22.4 Å². The lowest BCUT2D eigenvalue weighted by Crippen LogP contribution is -2.22. The van der Waals surface area contributed by atoms with Crippen molar-refractivity contribution in [2.75, 3.05) is 11.9 Å². The first-order valence-electron chi connectivity index (χ1n) is 4.12. The molecule has 1 aromatic rings. The monoisotopic (exact) mass is 221 g/mol. The van der Waals surface area contributed by atoms with Gasteiger partial charge in [-0.3, -0.25) is 14.9 Å². The molecular weight excluding hydrogens is 214 g/mol. The molecule has 0 aromatic carbocycles. The van der Waals surface area contributed by atoms with Crippen LogP contribution in [0, 0.1) is 21.4 Å². The van der Waals surface area contributed by atoms with Gasteiger partial charge < -0.3 is 11.1 Å². The average molecular weight is 221 g/mol. The zero-order valence-electron chi connectivity index (χ0n) is 8.01. The molecule has 0 spiro atoms. The Balaban J connectivity index is 2.96. The molecule has 82 valence electrons. The normalized spacial score (nSPS) is 9.19. The first-order chi connectivity index (χ1) is 7.54. The van der Waals surface area contributed by atoms with Crippen LogP contribution in [0.4, 0.5) is 11.5 Å². The number of nitrogens with one attached hydrogen (secondary N) is 1. The number of nitro groups is 1. The molecule has 1 aromatic heterocycles. The van der Waals surface area contributed by atoms with E-state index in [4.69, 9.17) is 11.0 Å². The summed E-state index contributed by atoms with van der Waals surface area (Å²) in [7, 11) is 0. The maximum Gasteiger partial charge on any atom is 0.305 e. The summed E-state index contributed by atoms with van der Waals surface area (Å²) in [5, 5.41) is 21.6. The molecule has 0 radical (unpaired) electrons. The zero-order chi connectivity index (χ0) is 12.1. The Morgan fingerprint density at radius 1 is 1.69 bits per heavy atom. The van der Waals surface area contributed by atoms with Gasteiger partial charge in [-0.2, -0.15) is 5.26 Å². The Kier molecular flexibility index (Phi) is 3.34. The van der Waals surface area contributed by atoms with Crippen LogP contribution in [0.5, 0.6) is 0 Å². The second-order valence-corrected chi connectivity index (χ2v) is 2.75. The summed E-state index contributed by atoms with van der Waals surface area (Å²) < 4.78 is 0. The molecule has 0 aliphatic carbocycles. The zero-order valence-corrected chi connectivity index (χ0v) is 8.01. The maximum atomic E-state index is 10.5. The van der Waals surface area contributed by atoms with Crippen molar-refractivity contribution in [2.45, 2.75) is 0 Å². The van der Waals surface area contributed by atoms with Crippen molar-refractivity contribution in [1.82, 2.24) is 4.98 Å². The van der Waals surface area contributed by atoms with Crippen molar-refractivity contribution >= 4 is 17.4 Å². The molecule has 0 atom stereocenters. The molecule has 1 rings (SSSR count). The van der Waals surface area contributed by atoms with E-state index in [1.807, 2.05) is 0 Å². The van der Waals surface area contributed by atoms with E-state index in [1.165, 1.54) is 6.07 Å². The van der Waals surface area contributed by atoms with Gasteiger partial charge in [-0.1, -0.05) is 0 Å². The largest absolute Gasteiger partial charge is 0.368 e. The van der Waals surface area contributed by atoms with E-state index in [1.54, 1.807) is 6.07 Å². The van der Waals surface area contributed by atoms with E-state index >= 15 is 0 Å². The molecule has 3 N–H and O–H groups in total. The van der Waals surface area contributed by atoms with Gasteiger partial charge in [0, 0.05) is 6.07 Å². The molecule has 0 unspecified atom stereocenters. The highest BCUT2D eigenvalue weighted by Gasteiger charge is 2.15. The lowest BCUT2D eigenvalue weighted by atomic mass is 10.3. The highest BCUT2D eigenvalue weighted by Crippen LogP contribution is 2.17. The average Bonchev–Trinajstić information content (AvgIpc) is 2.25. The Labute approximate surface area is 89.8 Å². The van der Waals surface area contributed by atoms with Crippen LogP contribution >= 0.6 is 0 Å². The fraction of sp³-hybridized carbons (Fsp3) is 0.125. The number of nitrogens with two attached hydrogens (primary N) is 1. The fourth-order valence-corrected chi connectivity index (χ4v) is 0.958. The number of hydrogen-bond donors (Lipinski definition) is 2. The summed E-state index contributed by atoms with van der Waals surface area (Å²) in [5.41, 5.74) is 4.18. The predicted octanol–water partition coefficient (Wildman–Crippen LogP) is -0.241. The first kappa shape index (κ1) is 11.4. The number of aromatic nitrogens is 1. The Morgan fingerprint density at radius 3 is 2.88 bits per heavy atom. The van der Waals surface area contributed by atoms with Gasteiger partial charge in [0.25, 0.3) is 0 Å². The van der Waals surface area contributed by atoms with Gasteiger partial charge in [-0.15, -0.1) is 0 Å². The summed E-state index contributed by atoms with van der Waals surface area (Å²) in [6.07, 6.45) is 0. The molecule has 1 amide bonds. The highest BCUT2D eigenvalue weighted by atomic mass is 16.6. The summed E-state index contributed by atoms with van der Waals surface area (Å²) >= 11 is 0. The predicted molar refractivity (Wildman–Crippen MR) is 53.3 cm³/mol. The number of pyridine rings is 1. The third-order valence-electron chi connectivity index (χ3n) is 1.62. The molecular formula is C8H7N5O3. The summed E-state index contributed by atoms with van der Waals surface area (Å²) in [4.78, 5) is 23.9. The van der Waals surface area contributed by atoms with Crippen LogP contribution in [0.2, 0.25) is 0 Å². The van der Waals surface area contributed by atoms with Gasteiger partial charge in [0.2, 0.25) is 11.6 Å². The Hall–Kier alpha value is -2.69.